The summed E-state index contributed by atoms with van der Waals surface area (Å²) in [6.07, 6.45) is 7.70. The topological polar surface area (TPSA) is 69.9 Å². The average Bonchev–Trinajstić information content (AvgIpc) is 3.41. The highest BCUT2D eigenvalue weighted by Crippen LogP contribution is 2.89. The quantitative estimate of drug-likeness (QED) is 0.516. The zero-order valence-electron chi connectivity index (χ0n) is 22.7. The number of aliphatic hydroxyl groups is 3. The average molecular weight is 475 g/mol. The Labute approximate surface area is 207 Å². The first-order chi connectivity index (χ1) is 15.8. The van der Waals surface area contributed by atoms with Gasteiger partial charge < -0.3 is 20.1 Å². The maximum absolute atomic E-state index is 12.2. The highest BCUT2D eigenvalue weighted by atomic mass is 16.5. The minimum atomic E-state index is -0.469. The summed E-state index contributed by atoms with van der Waals surface area (Å²) in [6.45, 7) is 16.0. The van der Waals surface area contributed by atoms with Crippen molar-refractivity contribution >= 4 is 0 Å². The molecule has 0 aromatic heterocycles. The molecule has 0 aromatic rings. The van der Waals surface area contributed by atoms with Crippen molar-refractivity contribution in [2.24, 2.45) is 56.7 Å². The number of hydrogen-bond acceptors (Lipinski definition) is 4. The van der Waals surface area contributed by atoms with E-state index in [-0.39, 0.29) is 40.5 Å². The van der Waals surface area contributed by atoms with Gasteiger partial charge in [0.05, 0.1) is 30.5 Å². The van der Waals surface area contributed by atoms with Crippen LogP contribution >= 0.6 is 0 Å². The van der Waals surface area contributed by atoms with Crippen molar-refractivity contribution in [1.29, 1.82) is 0 Å². The lowest BCUT2D eigenvalue weighted by Gasteiger charge is -2.63. The fourth-order valence-electron chi connectivity index (χ4n) is 12.0. The SMILES string of the molecule is CC(C)C(O)C1C[C@@H](C)[C@H]2C(O1)[C@H](O)[C@@]1(C)C3CC[C@H]4C(C)(C)C(O)CCC45CC35CCC21C. The molecule has 13 atom stereocenters. The highest BCUT2D eigenvalue weighted by molar-refractivity contribution is 5.32. The molecule has 5 saturated carbocycles. The molecule has 0 amide bonds. The summed E-state index contributed by atoms with van der Waals surface area (Å²) in [5.41, 5.74) is 0.631. The summed E-state index contributed by atoms with van der Waals surface area (Å²) in [7, 11) is 0. The molecule has 6 rings (SSSR count). The van der Waals surface area contributed by atoms with E-state index in [1.807, 2.05) is 0 Å². The van der Waals surface area contributed by atoms with E-state index in [0.29, 0.717) is 34.5 Å². The van der Waals surface area contributed by atoms with Crippen LogP contribution in [-0.2, 0) is 4.74 Å². The molecule has 1 aliphatic heterocycles. The van der Waals surface area contributed by atoms with E-state index < -0.39 is 12.2 Å². The molecule has 6 aliphatic rings. The van der Waals surface area contributed by atoms with Crippen LogP contribution in [0.4, 0.5) is 0 Å². The van der Waals surface area contributed by atoms with Crippen molar-refractivity contribution in [1.82, 2.24) is 0 Å². The second-order valence-corrected chi connectivity index (χ2v) is 15.3. The normalized spacial score (nSPS) is 60.4. The first-order valence-corrected chi connectivity index (χ1v) is 14.5. The number of ether oxygens (including phenoxy) is 1. The lowest BCUT2D eigenvalue weighted by molar-refractivity contribution is -0.184. The molecule has 0 bridgehead atoms. The van der Waals surface area contributed by atoms with Crippen LogP contribution in [0, 0.1) is 56.7 Å². The molecule has 1 saturated heterocycles. The Kier molecular flexibility index (Phi) is 5.00. The third kappa shape index (κ3) is 2.51. The van der Waals surface area contributed by atoms with Gasteiger partial charge in [0.15, 0.2) is 0 Å². The van der Waals surface area contributed by atoms with Crippen LogP contribution in [0.5, 0.6) is 0 Å². The van der Waals surface area contributed by atoms with Gasteiger partial charge in [-0.1, -0.05) is 48.5 Å². The predicted octanol–water partition coefficient (Wildman–Crippen LogP) is 5.18. The van der Waals surface area contributed by atoms with E-state index in [1.54, 1.807) is 0 Å². The van der Waals surface area contributed by atoms with Crippen molar-refractivity contribution in [2.75, 3.05) is 0 Å². The molecule has 1 heterocycles. The highest BCUT2D eigenvalue weighted by Gasteiger charge is 2.84. The van der Waals surface area contributed by atoms with E-state index >= 15 is 0 Å². The Morgan fingerprint density at radius 1 is 0.882 bits per heavy atom. The van der Waals surface area contributed by atoms with Gasteiger partial charge in [-0.25, -0.2) is 0 Å². The monoisotopic (exact) mass is 474 g/mol. The van der Waals surface area contributed by atoms with Crippen molar-refractivity contribution in [3.8, 4) is 0 Å². The minimum absolute atomic E-state index is 0.00547. The zero-order chi connectivity index (χ0) is 24.6. The Hall–Kier alpha value is -0.160. The third-order valence-electron chi connectivity index (χ3n) is 13.9. The van der Waals surface area contributed by atoms with Crippen molar-refractivity contribution in [2.45, 2.75) is 130 Å². The largest absolute Gasteiger partial charge is 0.393 e. The van der Waals surface area contributed by atoms with Crippen LogP contribution < -0.4 is 0 Å². The number of fused-ring (bicyclic) bond motifs is 4. The smallest absolute Gasteiger partial charge is 0.0880 e. The lowest BCUT2D eigenvalue weighted by atomic mass is 9.41. The fourth-order valence-corrected chi connectivity index (χ4v) is 12.0. The van der Waals surface area contributed by atoms with Gasteiger partial charge in [-0.15, -0.1) is 0 Å². The van der Waals surface area contributed by atoms with Crippen LogP contribution in [0.25, 0.3) is 0 Å². The Bertz CT molecular complexity index is 855. The van der Waals surface area contributed by atoms with Gasteiger partial charge in [0.2, 0.25) is 0 Å². The molecule has 3 N–H and O–H groups in total. The Balaban J connectivity index is 1.37. The van der Waals surface area contributed by atoms with Crippen LogP contribution in [0.15, 0.2) is 0 Å². The van der Waals surface area contributed by atoms with E-state index in [9.17, 15) is 15.3 Å². The zero-order valence-corrected chi connectivity index (χ0v) is 22.7. The maximum atomic E-state index is 12.2. The van der Waals surface area contributed by atoms with Gasteiger partial charge in [-0.05, 0) is 103 Å². The molecule has 6 fully saturated rings. The maximum Gasteiger partial charge on any atom is 0.0880 e. The molecular formula is C30H50O4. The Morgan fingerprint density at radius 2 is 1.53 bits per heavy atom. The van der Waals surface area contributed by atoms with Crippen molar-refractivity contribution in [3.63, 3.8) is 0 Å². The molecule has 194 valence electrons. The summed E-state index contributed by atoms with van der Waals surface area (Å²) in [6, 6.07) is 0. The Morgan fingerprint density at radius 3 is 2.21 bits per heavy atom. The van der Waals surface area contributed by atoms with Crippen molar-refractivity contribution in [3.05, 3.63) is 0 Å². The third-order valence-corrected chi connectivity index (χ3v) is 13.9. The molecule has 8 unspecified atom stereocenters. The van der Waals surface area contributed by atoms with Crippen LogP contribution in [0.2, 0.25) is 0 Å². The van der Waals surface area contributed by atoms with Gasteiger partial charge >= 0.3 is 0 Å². The number of rotatable bonds is 2. The van der Waals surface area contributed by atoms with Crippen LogP contribution in [-0.4, -0.2) is 45.8 Å². The molecule has 4 heteroatoms. The summed E-state index contributed by atoms with van der Waals surface area (Å²) in [4.78, 5) is 0. The van der Waals surface area contributed by atoms with Crippen molar-refractivity contribution < 1.29 is 20.1 Å². The molecule has 0 radical (unpaired) electrons. The number of aliphatic hydroxyl groups excluding tert-OH is 3. The van der Waals surface area contributed by atoms with E-state index in [4.69, 9.17) is 4.74 Å². The summed E-state index contributed by atoms with van der Waals surface area (Å²) < 4.78 is 6.68. The molecule has 0 aromatic carbocycles. The van der Waals surface area contributed by atoms with E-state index in [2.05, 4.69) is 48.5 Å². The fraction of sp³-hybridized carbons (Fsp3) is 1.00. The van der Waals surface area contributed by atoms with E-state index in [0.717, 1.165) is 12.8 Å². The molecular weight excluding hydrogens is 424 g/mol. The summed E-state index contributed by atoms with van der Waals surface area (Å²) in [5.74, 6) is 2.11. The van der Waals surface area contributed by atoms with E-state index in [1.165, 1.54) is 38.5 Å². The van der Waals surface area contributed by atoms with Gasteiger partial charge in [0.25, 0.3) is 0 Å². The standard InChI is InChI=1S/C30H50O4/c1-16(2)23(32)18-14-17(3)22-24(34-18)25(33)28(7)20-9-8-19-26(4,5)21(31)10-11-29(19)15-30(20,29)13-12-27(22,28)6/h16-25,31-33H,8-15H2,1-7H3/t17-,18?,19+,20?,21?,22+,23?,24?,25+,27?,28-,29?,30?/m1/s1. The minimum Gasteiger partial charge on any atom is -0.393 e. The lowest BCUT2D eigenvalue weighted by Crippen LogP contribution is -2.59. The van der Waals surface area contributed by atoms with Crippen LogP contribution in [0.1, 0.15) is 99.8 Å². The first-order valence-electron chi connectivity index (χ1n) is 14.5. The summed E-state index contributed by atoms with van der Waals surface area (Å²) >= 11 is 0. The van der Waals surface area contributed by atoms with Gasteiger partial charge in [-0.2, -0.15) is 0 Å². The molecule has 2 spiro atoms. The summed E-state index contributed by atoms with van der Waals surface area (Å²) in [5, 5.41) is 33.9. The van der Waals surface area contributed by atoms with Gasteiger partial charge in [0, 0.05) is 5.41 Å². The predicted molar refractivity (Wildman–Crippen MR) is 133 cm³/mol. The number of hydrogen-bond donors (Lipinski definition) is 3. The second-order valence-electron chi connectivity index (χ2n) is 15.3. The molecule has 4 nitrogen and oxygen atoms in total. The van der Waals surface area contributed by atoms with Crippen LogP contribution in [0.3, 0.4) is 0 Å². The first kappa shape index (κ1) is 24.2. The second kappa shape index (κ2) is 7.03. The van der Waals surface area contributed by atoms with Gasteiger partial charge in [-0.3, -0.25) is 0 Å². The van der Waals surface area contributed by atoms with Gasteiger partial charge in [0.1, 0.15) is 0 Å². The molecule has 5 aliphatic carbocycles. The molecule has 34 heavy (non-hydrogen) atoms.